The molecule has 28 heavy (non-hydrogen) atoms. The number of sulfonamides is 2. The van der Waals surface area contributed by atoms with Crippen molar-refractivity contribution in [1.82, 2.24) is 13.1 Å². The Balaban J connectivity index is 1.66. The van der Waals surface area contributed by atoms with Gasteiger partial charge in [0.05, 0.1) is 35.5 Å². The van der Waals surface area contributed by atoms with Gasteiger partial charge >= 0.3 is 0 Å². The monoisotopic (exact) mass is 440 g/mol. The van der Waals surface area contributed by atoms with E-state index in [-0.39, 0.29) is 34.1 Å². The van der Waals surface area contributed by atoms with E-state index in [1.54, 1.807) is 12.1 Å². The number of rotatable bonds is 5. The minimum absolute atomic E-state index is 0.0137. The lowest BCUT2D eigenvalue weighted by Crippen LogP contribution is -2.40. The molecule has 1 aliphatic heterocycles. The topological polar surface area (TPSA) is 119 Å². The quantitative estimate of drug-likeness (QED) is 0.639. The Kier molecular flexibility index (Phi) is 5.05. The largest absolute Gasteiger partial charge is 0.379 e. The van der Waals surface area contributed by atoms with Crippen LogP contribution in [0.4, 0.5) is 5.69 Å². The van der Waals surface area contributed by atoms with E-state index in [9.17, 15) is 16.8 Å². The fourth-order valence-corrected chi connectivity index (χ4v) is 6.14. The fourth-order valence-electron chi connectivity index (χ4n) is 2.86. The van der Waals surface area contributed by atoms with Crippen molar-refractivity contribution < 1.29 is 21.6 Å². The van der Waals surface area contributed by atoms with Gasteiger partial charge in [-0.2, -0.15) is 13.1 Å². The van der Waals surface area contributed by atoms with Gasteiger partial charge in [0.15, 0.2) is 0 Å². The van der Waals surface area contributed by atoms with Gasteiger partial charge in [-0.05, 0) is 30.3 Å². The molecule has 148 valence electrons. The van der Waals surface area contributed by atoms with E-state index in [2.05, 4.69) is 13.5 Å². The van der Waals surface area contributed by atoms with Crippen molar-refractivity contribution in [3.63, 3.8) is 0 Å². The zero-order chi connectivity index (χ0) is 19.8. The summed E-state index contributed by atoms with van der Waals surface area (Å²) < 4.78 is 68.3. The zero-order valence-corrected chi connectivity index (χ0v) is 16.9. The zero-order valence-electron chi connectivity index (χ0n) is 14.5. The normalized spacial score (nSPS) is 16.3. The fraction of sp³-hybridized carbons (Fsp3) is 0.250. The molecule has 0 bridgehead atoms. The lowest BCUT2D eigenvalue weighted by Gasteiger charge is -2.26. The molecule has 3 aromatic rings. The van der Waals surface area contributed by atoms with Crippen molar-refractivity contribution in [2.24, 2.45) is 0 Å². The molecule has 0 radical (unpaired) electrons. The van der Waals surface area contributed by atoms with Crippen LogP contribution in [0.2, 0.25) is 0 Å². The Morgan fingerprint density at radius 3 is 2.54 bits per heavy atom. The molecule has 9 nitrogen and oxygen atoms in total. The molecule has 2 heterocycles. The Morgan fingerprint density at radius 1 is 1.00 bits per heavy atom. The van der Waals surface area contributed by atoms with Gasteiger partial charge < -0.3 is 4.74 Å². The van der Waals surface area contributed by atoms with Crippen LogP contribution < -0.4 is 4.72 Å². The van der Waals surface area contributed by atoms with Crippen LogP contribution in [-0.2, 0) is 24.8 Å². The number of ether oxygens (including phenoxy) is 1. The summed E-state index contributed by atoms with van der Waals surface area (Å²) in [5.74, 6) is 0. The summed E-state index contributed by atoms with van der Waals surface area (Å²) >= 11 is 0.924. The van der Waals surface area contributed by atoms with Crippen molar-refractivity contribution in [3.8, 4) is 0 Å². The Bertz CT molecular complexity index is 1220. The molecule has 2 aromatic carbocycles. The lowest BCUT2D eigenvalue weighted by atomic mass is 10.3. The van der Waals surface area contributed by atoms with Crippen LogP contribution in [0, 0.1) is 0 Å². The van der Waals surface area contributed by atoms with Crippen LogP contribution >= 0.6 is 11.7 Å². The van der Waals surface area contributed by atoms with E-state index in [4.69, 9.17) is 4.74 Å². The molecule has 4 rings (SSSR count). The molecular formula is C16H16N4O5S3. The van der Waals surface area contributed by atoms with Gasteiger partial charge in [0.2, 0.25) is 10.0 Å². The Hall–Kier alpha value is -2.12. The van der Waals surface area contributed by atoms with Gasteiger partial charge in [-0.1, -0.05) is 12.1 Å². The molecular weight excluding hydrogens is 424 g/mol. The first-order valence-corrected chi connectivity index (χ1v) is 12.0. The van der Waals surface area contributed by atoms with E-state index in [1.807, 2.05) is 0 Å². The molecule has 0 unspecified atom stereocenters. The van der Waals surface area contributed by atoms with Crippen molar-refractivity contribution in [2.75, 3.05) is 31.0 Å². The second kappa shape index (κ2) is 7.37. The second-order valence-corrected chi connectivity index (χ2v) is 10.2. The number of fused-ring (bicyclic) bond motifs is 1. The number of anilines is 1. The summed E-state index contributed by atoms with van der Waals surface area (Å²) in [6.45, 7) is 1.18. The number of nitrogens with one attached hydrogen (secondary N) is 1. The molecule has 1 aromatic heterocycles. The van der Waals surface area contributed by atoms with E-state index in [1.165, 1.54) is 34.6 Å². The Morgan fingerprint density at radius 2 is 1.75 bits per heavy atom. The van der Waals surface area contributed by atoms with Crippen LogP contribution in [0.25, 0.3) is 11.0 Å². The number of benzene rings is 2. The van der Waals surface area contributed by atoms with Crippen molar-refractivity contribution >= 4 is 48.5 Å². The highest BCUT2D eigenvalue weighted by molar-refractivity contribution is 7.93. The maximum atomic E-state index is 12.8. The van der Waals surface area contributed by atoms with E-state index in [0.717, 1.165) is 11.7 Å². The van der Waals surface area contributed by atoms with Gasteiger partial charge in [-0.25, -0.2) is 16.8 Å². The second-order valence-electron chi connectivity index (χ2n) is 6.04. The van der Waals surface area contributed by atoms with Crippen LogP contribution in [0.15, 0.2) is 52.3 Å². The van der Waals surface area contributed by atoms with E-state index < -0.39 is 20.0 Å². The third kappa shape index (κ3) is 3.61. The minimum atomic E-state index is -3.97. The number of hydrogen-bond acceptors (Lipinski definition) is 8. The van der Waals surface area contributed by atoms with Crippen LogP contribution in [0.1, 0.15) is 0 Å². The van der Waals surface area contributed by atoms with Crippen LogP contribution in [0.3, 0.4) is 0 Å². The van der Waals surface area contributed by atoms with Crippen LogP contribution in [0.5, 0.6) is 0 Å². The lowest BCUT2D eigenvalue weighted by molar-refractivity contribution is 0.0730. The molecule has 1 saturated heterocycles. The number of hydrogen-bond donors (Lipinski definition) is 1. The van der Waals surface area contributed by atoms with Gasteiger partial charge in [0.1, 0.15) is 15.9 Å². The molecule has 1 fully saturated rings. The molecule has 12 heteroatoms. The first-order chi connectivity index (χ1) is 13.4. The predicted molar refractivity (Wildman–Crippen MR) is 104 cm³/mol. The maximum absolute atomic E-state index is 12.8. The highest BCUT2D eigenvalue weighted by Crippen LogP contribution is 2.25. The average molecular weight is 441 g/mol. The smallest absolute Gasteiger partial charge is 0.264 e. The minimum Gasteiger partial charge on any atom is -0.379 e. The van der Waals surface area contributed by atoms with Gasteiger partial charge in [0.25, 0.3) is 10.0 Å². The summed E-state index contributed by atoms with van der Waals surface area (Å²) in [4.78, 5) is 0.00308. The molecule has 0 saturated carbocycles. The highest BCUT2D eigenvalue weighted by atomic mass is 32.2. The Labute approximate surface area is 166 Å². The van der Waals surface area contributed by atoms with Gasteiger partial charge in [-0.3, -0.25) is 4.72 Å². The maximum Gasteiger partial charge on any atom is 0.264 e. The molecule has 1 N–H and O–H groups in total. The van der Waals surface area contributed by atoms with Gasteiger partial charge in [0, 0.05) is 13.1 Å². The molecule has 1 aliphatic rings. The number of morpholine rings is 1. The van der Waals surface area contributed by atoms with E-state index in [0.29, 0.717) is 18.7 Å². The third-order valence-electron chi connectivity index (χ3n) is 4.23. The number of aromatic nitrogens is 2. The highest BCUT2D eigenvalue weighted by Gasteiger charge is 2.27. The molecule has 0 atom stereocenters. The van der Waals surface area contributed by atoms with E-state index >= 15 is 0 Å². The average Bonchev–Trinajstić information content (AvgIpc) is 3.17. The summed E-state index contributed by atoms with van der Waals surface area (Å²) in [5.41, 5.74) is 0.906. The SMILES string of the molecule is O=S(=O)(Nc1cccc(S(=O)(=O)N2CCOCC2)c1)c1cccc2nsnc12. The van der Waals surface area contributed by atoms with Crippen molar-refractivity contribution in [3.05, 3.63) is 42.5 Å². The van der Waals surface area contributed by atoms with Crippen LogP contribution in [-0.4, -0.2) is 56.2 Å². The summed E-state index contributed by atoms with van der Waals surface area (Å²) in [5, 5.41) is 0. The first kappa shape index (κ1) is 19.2. The summed E-state index contributed by atoms with van der Waals surface area (Å²) in [6.07, 6.45) is 0. The first-order valence-electron chi connectivity index (χ1n) is 8.30. The third-order valence-corrected chi connectivity index (χ3v) is 8.08. The standard InChI is InChI=1S/C16H16N4O5S3/c21-27(22,15-6-2-5-14-16(15)18-26-17-14)19-12-3-1-4-13(11-12)28(23,24)20-7-9-25-10-8-20/h1-6,11,19H,7-10H2. The number of nitrogens with zero attached hydrogens (tertiary/aromatic N) is 3. The molecule has 0 amide bonds. The summed E-state index contributed by atoms with van der Waals surface area (Å²) in [6, 6.07) is 10.4. The summed E-state index contributed by atoms with van der Waals surface area (Å²) in [7, 11) is -7.70. The predicted octanol–water partition coefficient (Wildman–Crippen LogP) is 1.51. The van der Waals surface area contributed by atoms with Crippen molar-refractivity contribution in [2.45, 2.75) is 9.79 Å². The van der Waals surface area contributed by atoms with Crippen molar-refractivity contribution in [1.29, 1.82) is 0 Å². The van der Waals surface area contributed by atoms with Gasteiger partial charge in [-0.15, -0.1) is 0 Å². The molecule has 0 aliphatic carbocycles. The molecule has 0 spiro atoms.